The molecular weight excluding hydrogens is 343 g/mol. The van der Waals surface area contributed by atoms with Gasteiger partial charge >= 0.3 is 0 Å². The average molecular weight is 366 g/mol. The molecule has 140 valence electrons. The molecule has 0 spiro atoms. The van der Waals surface area contributed by atoms with E-state index >= 15 is 0 Å². The maximum Gasteiger partial charge on any atom is 0.266 e. The van der Waals surface area contributed by atoms with Gasteiger partial charge in [-0.15, -0.1) is 0 Å². The van der Waals surface area contributed by atoms with E-state index in [2.05, 4.69) is 16.7 Å². The second-order valence-electron chi connectivity index (χ2n) is 6.87. The van der Waals surface area contributed by atoms with Crippen LogP contribution in [0.4, 0.5) is 4.39 Å². The van der Waals surface area contributed by atoms with Gasteiger partial charge in [-0.3, -0.25) is 14.3 Å². The average Bonchev–Trinajstić information content (AvgIpc) is 2.70. The highest BCUT2D eigenvalue weighted by atomic mass is 19.1. The Balaban J connectivity index is 1.77. The first-order chi connectivity index (χ1) is 13.2. The monoisotopic (exact) mass is 366 g/mol. The molecule has 0 saturated carbocycles. The van der Waals surface area contributed by atoms with Gasteiger partial charge in [-0.1, -0.05) is 19.1 Å². The van der Waals surface area contributed by atoms with E-state index in [1.54, 1.807) is 22.8 Å². The molecule has 2 aromatic carbocycles. The minimum absolute atomic E-state index is 0.116. The number of benzene rings is 2. The van der Waals surface area contributed by atoms with Gasteiger partial charge < -0.3 is 4.90 Å². The highest BCUT2D eigenvalue weighted by Crippen LogP contribution is 2.16. The number of aromatic nitrogens is 2. The second kappa shape index (κ2) is 7.58. The SMILES string of the molecule is CCN1CCN(Cc2nc3ccccc3c(=O)n2-c2ccc(F)cc2)CC1. The van der Waals surface area contributed by atoms with Crippen molar-refractivity contribution in [3.8, 4) is 5.69 Å². The summed E-state index contributed by atoms with van der Waals surface area (Å²) in [5.74, 6) is 0.369. The molecule has 0 radical (unpaired) electrons. The molecule has 0 amide bonds. The first kappa shape index (κ1) is 17.8. The lowest BCUT2D eigenvalue weighted by atomic mass is 10.2. The molecule has 1 aromatic heterocycles. The van der Waals surface area contributed by atoms with Crippen molar-refractivity contribution in [1.29, 1.82) is 0 Å². The fourth-order valence-electron chi connectivity index (χ4n) is 3.60. The molecule has 1 fully saturated rings. The van der Waals surface area contributed by atoms with E-state index in [1.165, 1.54) is 12.1 Å². The molecule has 6 heteroatoms. The Morgan fingerprint density at radius 3 is 2.33 bits per heavy atom. The van der Waals surface area contributed by atoms with E-state index < -0.39 is 0 Å². The molecule has 1 saturated heterocycles. The van der Waals surface area contributed by atoms with Crippen molar-refractivity contribution in [3.63, 3.8) is 0 Å². The zero-order valence-corrected chi connectivity index (χ0v) is 15.4. The lowest BCUT2D eigenvalue weighted by molar-refractivity contribution is 0.129. The third-order valence-electron chi connectivity index (χ3n) is 5.21. The Bertz CT molecular complexity index is 991. The molecule has 0 N–H and O–H groups in total. The molecular formula is C21H23FN4O. The quantitative estimate of drug-likeness (QED) is 0.712. The second-order valence-corrected chi connectivity index (χ2v) is 6.87. The van der Waals surface area contributed by atoms with Crippen LogP contribution in [-0.4, -0.2) is 52.1 Å². The smallest absolute Gasteiger partial charge is 0.266 e. The van der Waals surface area contributed by atoms with Crippen LogP contribution in [0.5, 0.6) is 0 Å². The largest absolute Gasteiger partial charge is 0.301 e. The Morgan fingerprint density at radius 2 is 1.63 bits per heavy atom. The summed E-state index contributed by atoms with van der Waals surface area (Å²) in [6.07, 6.45) is 0. The number of rotatable bonds is 4. The first-order valence-corrected chi connectivity index (χ1v) is 9.37. The van der Waals surface area contributed by atoms with Gasteiger partial charge in [0.15, 0.2) is 0 Å². The predicted octanol–water partition coefficient (Wildman–Crippen LogP) is 2.66. The third-order valence-corrected chi connectivity index (χ3v) is 5.21. The molecule has 3 aromatic rings. The van der Waals surface area contributed by atoms with E-state index in [9.17, 15) is 9.18 Å². The fraction of sp³-hybridized carbons (Fsp3) is 0.333. The zero-order valence-electron chi connectivity index (χ0n) is 15.4. The number of halogens is 1. The van der Waals surface area contributed by atoms with Gasteiger partial charge in [0, 0.05) is 26.2 Å². The van der Waals surface area contributed by atoms with Crippen LogP contribution in [-0.2, 0) is 6.54 Å². The number of piperazine rings is 1. The van der Waals surface area contributed by atoms with Gasteiger partial charge in [-0.2, -0.15) is 0 Å². The Kier molecular flexibility index (Phi) is 5.01. The van der Waals surface area contributed by atoms with Crippen molar-refractivity contribution < 1.29 is 4.39 Å². The summed E-state index contributed by atoms with van der Waals surface area (Å²) in [5, 5.41) is 0.571. The van der Waals surface area contributed by atoms with Gasteiger partial charge in [0.2, 0.25) is 0 Å². The number of fused-ring (bicyclic) bond motifs is 1. The van der Waals surface area contributed by atoms with E-state index in [4.69, 9.17) is 4.98 Å². The highest BCUT2D eigenvalue weighted by Gasteiger charge is 2.19. The van der Waals surface area contributed by atoms with E-state index in [0.717, 1.165) is 32.7 Å². The number of hydrogen-bond acceptors (Lipinski definition) is 4. The van der Waals surface area contributed by atoms with Crippen molar-refractivity contribution in [2.45, 2.75) is 13.5 Å². The molecule has 0 aliphatic carbocycles. The molecule has 27 heavy (non-hydrogen) atoms. The van der Waals surface area contributed by atoms with Crippen LogP contribution in [0.1, 0.15) is 12.7 Å². The van der Waals surface area contributed by atoms with Crippen molar-refractivity contribution in [1.82, 2.24) is 19.4 Å². The third kappa shape index (κ3) is 3.63. The number of para-hydroxylation sites is 1. The molecule has 1 aliphatic heterocycles. The van der Waals surface area contributed by atoms with Crippen LogP contribution in [0.25, 0.3) is 16.6 Å². The minimum atomic E-state index is -0.321. The highest BCUT2D eigenvalue weighted by molar-refractivity contribution is 5.77. The van der Waals surface area contributed by atoms with Gasteiger partial charge in [-0.05, 0) is 42.9 Å². The summed E-state index contributed by atoms with van der Waals surface area (Å²) in [5.41, 5.74) is 1.22. The van der Waals surface area contributed by atoms with E-state index in [0.29, 0.717) is 29.0 Å². The van der Waals surface area contributed by atoms with Crippen molar-refractivity contribution >= 4 is 10.9 Å². The summed E-state index contributed by atoms with van der Waals surface area (Å²) in [7, 11) is 0. The van der Waals surface area contributed by atoms with Crippen molar-refractivity contribution in [3.05, 3.63) is 70.5 Å². The number of hydrogen-bond donors (Lipinski definition) is 0. The van der Waals surface area contributed by atoms with Gasteiger partial charge in [0.05, 0.1) is 23.1 Å². The predicted molar refractivity (Wildman–Crippen MR) is 105 cm³/mol. The lowest BCUT2D eigenvalue weighted by Gasteiger charge is -2.34. The maximum atomic E-state index is 13.4. The van der Waals surface area contributed by atoms with Crippen LogP contribution in [0.3, 0.4) is 0 Å². The Morgan fingerprint density at radius 1 is 0.963 bits per heavy atom. The molecule has 0 atom stereocenters. The van der Waals surface area contributed by atoms with Crippen LogP contribution < -0.4 is 5.56 Å². The lowest BCUT2D eigenvalue weighted by Crippen LogP contribution is -2.46. The van der Waals surface area contributed by atoms with Crippen molar-refractivity contribution in [2.75, 3.05) is 32.7 Å². The van der Waals surface area contributed by atoms with Gasteiger partial charge in [0.1, 0.15) is 11.6 Å². The maximum absolute atomic E-state index is 13.4. The van der Waals surface area contributed by atoms with E-state index in [1.807, 2.05) is 18.2 Å². The topological polar surface area (TPSA) is 41.4 Å². The minimum Gasteiger partial charge on any atom is -0.301 e. The summed E-state index contributed by atoms with van der Waals surface area (Å²) in [6, 6.07) is 13.4. The van der Waals surface area contributed by atoms with Crippen LogP contribution in [0.2, 0.25) is 0 Å². The first-order valence-electron chi connectivity index (χ1n) is 9.37. The molecule has 5 nitrogen and oxygen atoms in total. The van der Waals surface area contributed by atoms with Crippen LogP contribution >= 0.6 is 0 Å². The molecule has 1 aliphatic rings. The summed E-state index contributed by atoms with van der Waals surface area (Å²) in [4.78, 5) is 22.7. The zero-order chi connectivity index (χ0) is 18.8. The molecule has 4 rings (SSSR count). The molecule has 0 unspecified atom stereocenters. The number of likely N-dealkylation sites (N-methyl/N-ethyl adjacent to an activating group) is 1. The van der Waals surface area contributed by atoms with Gasteiger partial charge in [0.25, 0.3) is 5.56 Å². The van der Waals surface area contributed by atoms with Gasteiger partial charge in [-0.25, -0.2) is 9.37 Å². The van der Waals surface area contributed by atoms with E-state index in [-0.39, 0.29) is 11.4 Å². The summed E-state index contributed by atoms with van der Waals surface area (Å²) in [6.45, 7) is 7.75. The summed E-state index contributed by atoms with van der Waals surface area (Å²) >= 11 is 0. The van der Waals surface area contributed by atoms with Crippen molar-refractivity contribution in [2.24, 2.45) is 0 Å². The van der Waals surface area contributed by atoms with Crippen LogP contribution in [0, 0.1) is 5.82 Å². The Hall–Kier alpha value is -2.57. The van der Waals surface area contributed by atoms with Crippen LogP contribution in [0.15, 0.2) is 53.3 Å². The normalized spacial score (nSPS) is 16.1. The Labute approximate surface area is 157 Å². The molecule has 2 heterocycles. The fourth-order valence-corrected chi connectivity index (χ4v) is 3.60. The summed E-state index contributed by atoms with van der Waals surface area (Å²) < 4.78 is 15.0. The standard InChI is InChI=1S/C21H23FN4O/c1-2-24-11-13-25(14-12-24)15-20-23-19-6-4-3-5-18(19)21(27)26(20)17-9-7-16(22)8-10-17/h3-10H,2,11-15H2,1H3. The number of nitrogens with zero attached hydrogens (tertiary/aromatic N) is 4. The molecule has 0 bridgehead atoms.